The number of hydrogen-bond donors (Lipinski definition) is 1. The number of benzene rings is 1. The van der Waals surface area contributed by atoms with Gasteiger partial charge in [0.2, 0.25) is 0 Å². The van der Waals surface area contributed by atoms with Crippen LogP contribution in [0.1, 0.15) is 22.3 Å². The lowest BCUT2D eigenvalue weighted by Crippen LogP contribution is -2.10. The maximum atomic E-state index is 11.8. The number of rotatable bonds is 5. The predicted molar refractivity (Wildman–Crippen MR) is 61.8 cm³/mol. The van der Waals surface area contributed by atoms with Crippen LogP contribution in [0.4, 0.5) is 0 Å². The van der Waals surface area contributed by atoms with Gasteiger partial charge in [-0.15, -0.1) is 0 Å². The van der Waals surface area contributed by atoms with Crippen molar-refractivity contribution in [2.45, 2.75) is 18.2 Å². The Hall–Kier alpha value is -1.24. The molecule has 94 valence electrons. The van der Waals surface area contributed by atoms with Crippen LogP contribution in [-0.2, 0) is 14.9 Å². The van der Waals surface area contributed by atoms with Crippen molar-refractivity contribution in [2.75, 3.05) is 13.7 Å². The fourth-order valence-electron chi connectivity index (χ4n) is 1.42. The molecule has 1 N–H and O–H groups in total. The molecule has 0 saturated carbocycles. The smallest absolute Gasteiger partial charge is 0.295 e. The van der Waals surface area contributed by atoms with Gasteiger partial charge in [0.1, 0.15) is 4.90 Å². The van der Waals surface area contributed by atoms with Gasteiger partial charge >= 0.3 is 0 Å². The van der Waals surface area contributed by atoms with E-state index in [-0.39, 0.29) is 29.3 Å². The highest BCUT2D eigenvalue weighted by Gasteiger charge is 2.20. The Morgan fingerprint density at radius 3 is 2.59 bits per heavy atom. The molecule has 0 aliphatic carbocycles. The Morgan fingerprint density at radius 2 is 2.06 bits per heavy atom. The second-order valence-electron chi connectivity index (χ2n) is 3.64. The first-order chi connectivity index (χ1) is 7.86. The van der Waals surface area contributed by atoms with Crippen LogP contribution in [0.2, 0.25) is 0 Å². The van der Waals surface area contributed by atoms with E-state index in [0.29, 0.717) is 0 Å². The van der Waals surface area contributed by atoms with Crippen LogP contribution in [0, 0.1) is 6.92 Å². The summed E-state index contributed by atoms with van der Waals surface area (Å²) in [7, 11) is -2.93. The Kier molecular flexibility index (Phi) is 4.39. The summed E-state index contributed by atoms with van der Waals surface area (Å²) in [5, 5.41) is 0. The molecule has 0 unspecified atom stereocenters. The zero-order valence-corrected chi connectivity index (χ0v) is 10.5. The molecule has 1 rings (SSSR count). The van der Waals surface area contributed by atoms with Crippen molar-refractivity contribution in [1.82, 2.24) is 0 Å². The van der Waals surface area contributed by atoms with Crippen LogP contribution in [-0.4, -0.2) is 32.5 Å². The molecule has 0 bridgehead atoms. The summed E-state index contributed by atoms with van der Waals surface area (Å²) in [4.78, 5) is 11.4. The van der Waals surface area contributed by atoms with Gasteiger partial charge in [0, 0.05) is 19.1 Å². The molecule has 0 spiro atoms. The first-order valence-corrected chi connectivity index (χ1v) is 6.40. The minimum Gasteiger partial charge on any atom is -0.384 e. The molecule has 0 amide bonds. The third kappa shape index (κ3) is 3.62. The van der Waals surface area contributed by atoms with E-state index in [1.54, 1.807) is 6.92 Å². The summed E-state index contributed by atoms with van der Waals surface area (Å²) < 4.78 is 36.0. The van der Waals surface area contributed by atoms with E-state index in [9.17, 15) is 13.2 Å². The molecule has 0 atom stereocenters. The quantitative estimate of drug-likeness (QED) is 0.638. The molecule has 0 radical (unpaired) electrons. The third-order valence-corrected chi connectivity index (χ3v) is 3.16. The van der Waals surface area contributed by atoms with Gasteiger partial charge in [0.15, 0.2) is 5.78 Å². The predicted octanol–water partition coefficient (Wildman–Crippen LogP) is 1.46. The fraction of sp³-hybridized carbons (Fsp3) is 0.364. The molecular formula is C11H14O5S. The van der Waals surface area contributed by atoms with E-state index in [1.807, 2.05) is 0 Å². The van der Waals surface area contributed by atoms with Crippen molar-refractivity contribution in [1.29, 1.82) is 0 Å². The molecule has 0 saturated heterocycles. The molecule has 5 nitrogen and oxygen atoms in total. The molecule has 17 heavy (non-hydrogen) atoms. The largest absolute Gasteiger partial charge is 0.384 e. The van der Waals surface area contributed by atoms with Crippen LogP contribution >= 0.6 is 0 Å². The summed E-state index contributed by atoms with van der Waals surface area (Å²) >= 11 is 0. The number of carbonyl (C=O) groups is 1. The Morgan fingerprint density at radius 1 is 1.41 bits per heavy atom. The highest BCUT2D eigenvalue weighted by atomic mass is 32.2. The molecule has 0 fully saturated rings. The highest BCUT2D eigenvalue weighted by Crippen LogP contribution is 2.18. The van der Waals surface area contributed by atoms with Crippen molar-refractivity contribution in [3.8, 4) is 0 Å². The van der Waals surface area contributed by atoms with Gasteiger partial charge in [-0.05, 0) is 19.1 Å². The maximum Gasteiger partial charge on any atom is 0.295 e. The minimum atomic E-state index is -4.38. The highest BCUT2D eigenvalue weighted by molar-refractivity contribution is 7.86. The van der Waals surface area contributed by atoms with E-state index >= 15 is 0 Å². The Balaban J connectivity index is 3.21. The lowest BCUT2D eigenvalue weighted by molar-refractivity contribution is 0.0928. The van der Waals surface area contributed by atoms with Crippen molar-refractivity contribution < 1.29 is 22.5 Å². The summed E-state index contributed by atoms with van der Waals surface area (Å²) in [6.45, 7) is 1.94. The SMILES string of the molecule is COCCC(=O)c1cc(C)ccc1S(=O)(=O)O. The zero-order valence-electron chi connectivity index (χ0n) is 9.63. The van der Waals surface area contributed by atoms with Crippen molar-refractivity contribution in [3.05, 3.63) is 29.3 Å². The second kappa shape index (κ2) is 5.39. The summed E-state index contributed by atoms with van der Waals surface area (Å²) in [5.41, 5.74) is 0.753. The molecule has 0 aliphatic rings. The zero-order chi connectivity index (χ0) is 13.1. The van der Waals surface area contributed by atoms with Gasteiger partial charge in [0.05, 0.1) is 6.61 Å². The van der Waals surface area contributed by atoms with Crippen LogP contribution < -0.4 is 0 Å². The first kappa shape index (κ1) is 13.8. The number of carbonyl (C=O) groups excluding carboxylic acids is 1. The topological polar surface area (TPSA) is 80.7 Å². The van der Waals surface area contributed by atoms with Crippen molar-refractivity contribution in [2.24, 2.45) is 0 Å². The summed E-state index contributed by atoms with van der Waals surface area (Å²) in [6.07, 6.45) is 0.0719. The molecular weight excluding hydrogens is 244 g/mol. The van der Waals surface area contributed by atoms with Crippen molar-refractivity contribution in [3.63, 3.8) is 0 Å². The normalized spacial score (nSPS) is 11.5. The summed E-state index contributed by atoms with van der Waals surface area (Å²) in [5.74, 6) is -0.372. The number of aryl methyl sites for hydroxylation is 1. The third-order valence-electron chi connectivity index (χ3n) is 2.25. The fourth-order valence-corrected chi connectivity index (χ4v) is 2.11. The number of methoxy groups -OCH3 is 1. The molecule has 1 aromatic rings. The van der Waals surface area contributed by atoms with E-state index < -0.39 is 10.1 Å². The molecule has 0 aromatic heterocycles. The van der Waals surface area contributed by atoms with Gasteiger partial charge in [-0.25, -0.2) is 0 Å². The maximum absolute atomic E-state index is 11.8. The van der Waals surface area contributed by atoms with Crippen molar-refractivity contribution >= 4 is 15.9 Å². The van der Waals surface area contributed by atoms with E-state index in [4.69, 9.17) is 9.29 Å². The standard InChI is InChI=1S/C11H14O5S/c1-8-3-4-11(17(13,14)15)9(7-8)10(12)5-6-16-2/h3-4,7H,5-6H2,1-2H3,(H,13,14,15). The number of Topliss-reactive ketones (excluding diaryl/α,β-unsaturated/α-hetero) is 1. The second-order valence-corrected chi connectivity index (χ2v) is 5.03. The van der Waals surface area contributed by atoms with Gasteiger partial charge in [0.25, 0.3) is 10.1 Å². The average Bonchev–Trinajstić information content (AvgIpc) is 2.24. The Labute approximate surface area is 100 Å². The molecule has 1 aromatic carbocycles. The Bertz CT molecular complexity index is 519. The monoisotopic (exact) mass is 258 g/mol. The van der Waals surface area contributed by atoms with E-state index in [0.717, 1.165) is 5.56 Å². The van der Waals surface area contributed by atoms with Gasteiger partial charge in [-0.1, -0.05) is 11.6 Å². The van der Waals surface area contributed by atoms with E-state index in [2.05, 4.69) is 0 Å². The average molecular weight is 258 g/mol. The number of ketones is 1. The van der Waals surface area contributed by atoms with Gasteiger partial charge in [-0.3, -0.25) is 9.35 Å². The van der Waals surface area contributed by atoms with E-state index in [1.165, 1.54) is 25.3 Å². The first-order valence-electron chi connectivity index (χ1n) is 4.96. The minimum absolute atomic E-state index is 0.00421. The number of hydrogen-bond acceptors (Lipinski definition) is 4. The summed E-state index contributed by atoms with van der Waals surface area (Å²) in [6, 6.07) is 4.20. The van der Waals surface area contributed by atoms with Crippen LogP contribution in [0.15, 0.2) is 23.1 Å². The molecule has 0 aliphatic heterocycles. The lowest BCUT2D eigenvalue weighted by Gasteiger charge is -2.07. The van der Waals surface area contributed by atoms with Gasteiger partial charge in [-0.2, -0.15) is 8.42 Å². The number of ether oxygens (including phenoxy) is 1. The molecule has 6 heteroatoms. The lowest BCUT2D eigenvalue weighted by atomic mass is 10.1. The molecule has 0 heterocycles. The van der Waals surface area contributed by atoms with Gasteiger partial charge < -0.3 is 4.74 Å². The van der Waals surface area contributed by atoms with Crippen LogP contribution in [0.25, 0.3) is 0 Å². The van der Waals surface area contributed by atoms with Crippen LogP contribution in [0.3, 0.4) is 0 Å². The van der Waals surface area contributed by atoms with Crippen LogP contribution in [0.5, 0.6) is 0 Å².